The molecule has 0 saturated carbocycles. The number of nitro groups is 1. The second-order valence-corrected chi connectivity index (χ2v) is 11.3. The Balaban J connectivity index is 1.81. The van der Waals surface area contributed by atoms with Crippen LogP contribution in [0.15, 0.2) is 29.2 Å². The highest BCUT2D eigenvalue weighted by atomic mass is 32.2. The van der Waals surface area contributed by atoms with Gasteiger partial charge in [0.05, 0.1) is 21.9 Å². The second-order valence-electron chi connectivity index (χ2n) is 9.28. The number of anilines is 2. The third kappa shape index (κ3) is 5.72. The van der Waals surface area contributed by atoms with Crippen LogP contribution in [0, 0.1) is 17.0 Å². The van der Waals surface area contributed by atoms with Gasteiger partial charge in [0.25, 0.3) is 5.69 Å². The van der Waals surface area contributed by atoms with E-state index in [9.17, 15) is 27.8 Å². The molecule has 2 atom stereocenters. The van der Waals surface area contributed by atoms with E-state index in [1.165, 1.54) is 0 Å². The van der Waals surface area contributed by atoms with Crippen molar-refractivity contribution in [2.24, 2.45) is 0 Å². The Labute approximate surface area is 214 Å². The van der Waals surface area contributed by atoms with Crippen molar-refractivity contribution in [1.82, 2.24) is 15.0 Å². The maximum atomic E-state index is 13.4. The van der Waals surface area contributed by atoms with Gasteiger partial charge in [-0.3, -0.25) is 10.1 Å². The number of nitro benzene ring substituents is 1. The summed E-state index contributed by atoms with van der Waals surface area (Å²) in [5.41, 5.74) is -1.34. The molecule has 1 fully saturated rings. The van der Waals surface area contributed by atoms with Gasteiger partial charge in [0, 0.05) is 31.3 Å². The number of alkyl halides is 3. The summed E-state index contributed by atoms with van der Waals surface area (Å²) in [5.74, 6) is 1.29. The molecule has 3 heterocycles. The van der Waals surface area contributed by atoms with Gasteiger partial charge in [0.15, 0.2) is 16.4 Å². The normalized spacial score (nSPS) is 15.9. The van der Waals surface area contributed by atoms with E-state index in [4.69, 9.17) is 4.98 Å². The second kappa shape index (κ2) is 10.3. The van der Waals surface area contributed by atoms with Crippen molar-refractivity contribution < 1.29 is 22.6 Å². The van der Waals surface area contributed by atoms with Crippen LogP contribution in [0.5, 0.6) is 0 Å². The largest absolute Gasteiger partial charge is 0.611 e. The summed E-state index contributed by atoms with van der Waals surface area (Å²) >= 11 is -1.37. The first-order chi connectivity index (χ1) is 17.3. The summed E-state index contributed by atoms with van der Waals surface area (Å²) in [6, 6.07) is 3.44. The lowest BCUT2D eigenvalue weighted by atomic mass is 10.0. The highest BCUT2D eigenvalue weighted by Gasteiger charge is 2.34. The molecule has 198 valence electrons. The molecule has 0 spiro atoms. The number of aromatic nitrogens is 3. The van der Waals surface area contributed by atoms with Crippen molar-refractivity contribution in [1.29, 1.82) is 0 Å². The van der Waals surface area contributed by atoms with Crippen molar-refractivity contribution in [3.63, 3.8) is 0 Å². The molecule has 1 aromatic carbocycles. The van der Waals surface area contributed by atoms with Gasteiger partial charge in [-0.05, 0) is 63.3 Å². The summed E-state index contributed by atoms with van der Waals surface area (Å²) in [4.78, 5) is 26.7. The summed E-state index contributed by atoms with van der Waals surface area (Å²) in [5, 5.41) is 14.7. The molecule has 1 aliphatic rings. The molecule has 1 aliphatic heterocycles. The fourth-order valence-electron chi connectivity index (χ4n) is 4.25. The van der Waals surface area contributed by atoms with Gasteiger partial charge in [-0.25, -0.2) is 15.0 Å². The molecule has 4 rings (SSSR count). The molecule has 9 nitrogen and oxygen atoms in total. The minimum atomic E-state index is -4.75. The molecule has 0 amide bonds. The molecule has 2 aromatic heterocycles. The van der Waals surface area contributed by atoms with Crippen LogP contribution in [-0.4, -0.2) is 42.8 Å². The summed E-state index contributed by atoms with van der Waals surface area (Å²) < 4.78 is 53.5. The van der Waals surface area contributed by atoms with Gasteiger partial charge in [-0.2, -0.15) is 13.2 Å². The first-order valence-corrected chi connectivity index (χ1v) is 13.0. The number of aryl methyl sites for hydroxylation is 1. The van der Waals surface area contributed by atoms with Crippen LogP contribution < -0.4 is 10.2 Å². The molecule has 0 radical (unpaired) electrons. The summed E-state index contributed by atoms with van der Waals surface area (Å²) in [7, 11) is 0. The molecule has 0 aliphatic carbocycles. The molecule has 1 saturated heterocycles. The highest BCUT2D eigenvalue weighted by Crippen LogP contribution is 2.37. The first-order valence-electron chi connectivity index (χ1n) is 11.8. The lowest BCUT2D eigenvalue weighted by Gasteiger charge is -2.24. The minimum Gasteiger partial charge on any atom is -0.611 e. The zero-order valence-corrected chi connectivity index (χ0v) is 21.6. The van der Waals surface area contributed by atoms with Crippen LogP contribution in [0.4, 0.5) is 30.5 Å². The quantitative estimate of drug-likeness (QED) is 0.237. The molecule has 1 N–H and O–H groups in total. The molecule has 13 heteroatoms. The molecular weight excluding hydrogens is 509 g/mol. The summed E-state index contributed by atoms with van der Waals surface area (Å²) in [6.07, 6.45) is -2.74. The lowest BCUT2D eigenvalue weighted by molar-refractivity contribution is -0.385. The number of nitrogens with zero attached hydrogens (tertiary/aromatic N) is 5. The fourth-order valence-corrected chi connectivity index (χ4v) is 5.34. The SMILES string of the molecule is Cc1nc(N[C@H](C)c2cc([N+](=O)[O-])cc(C(F)(F)F)c2)c2cc([S+]([O-])C(C)C)c(N3CCCC3)nc2n1. The maximum absolute atomic E-state index is 13.4. The standard InChI is InChI=1S/C24H27F3N6O3S/c1-13(2)37(36)20-12-19-21(29-15(4)30-22(19)31-23(20)32-7-5-6-8-32)28-14(3)16-9-17(24(25,26)27)11-18(10-16)33(34)35/h9-14H,5-8H2,1-4H3,(H,28,29,30,31)/t14-,37?/m1/s1. The number of nitrogens with one attached hydrogen (secondary N) is 1. The number of fused-ring (bicyclic) bond motifs is 1. The Morgan fingerprint density at radius 3 is 2.35 bits per heavy atom. The first kappa shape index (κ1) is 26.9. The molecule has 3 aromatic rings. The van der Waals surface area contributed by atoms with E-state index in [0.29, 0.717) is 33.6 Å². The number of hydrogen-bond donors (Lipinski definition) is 1. The number of non-ortho nitro benzene ring substituents is 1. The number of halogens is 3. The lowest BCUT2D eigenvalue weighted by Crippen LogP contribution is -2.25. The van der Waals surface area contributed by atoms with Gasteiger partial charge in [-0.15, -0.1) is 0 Å². The number of rotatable bonds is 7. The zero-order valence-electron chi connectivity index (χ0n) is 20.8. The number of pyridine rings is 1. The van der Waals surface area contributed by atoms with E-state index < -0.39 is 39.6 Å². The van der Waals surface area contributed by atoms with Crippen LogP contribution in [0.25, 0.3) is 11.0 Å². The van der Waals surface area contributed by atoms with E-state index in [0.717, 1.165) is 38.1 Å². The van der Waals surface area contributed by atoms with E-state index in [-0.39, 0.29) is 16.6 Å². The number of hydrogen-bond acceptors (Lipinski definition) is 8. The Morgan fingerprint density at radius 1 is 1.08 bits per heavy atom. The Hall–Kier alpha value is -3.19. The van der Waals surface area contributed by atoms with Crippen molar-refractivity contribution in [2.45, 2.75) is 62.9 Å². The van der Waals surface area contributed by atoms with E-state index in [1.807, 2.05) is 13.8 Å². The monoisotopic (exact) mass is 536 g/mol. The van der Waals surface area contributed by atoms with Crippen molar-refractivity contribution in [3.05, 3.63) is 51.3 Å². The molecule has 0 bridgehead atoms. The van der Waals surface area contributed by atoms with Crippen LogP contribution >= 0.6 is 0 Å². The Bertz CT molecular complexity index is 1330. The van der Waals surface area contributed by atoms with E-state index in [2.05, 4.69) is 20.2 Å². The van der Waals surface area contributed by atoms with Crippen LogP contribution in [0.2, 0.25) is 0 Å². The maximum Gasteiger partial charge on any atom is 0.416 e. The Morgan fingerprint density at radius 2 is 1.76 bits per heavy atom. The van der Waals surface area contributed by atoms with Gasteiger partial charge < -0.3 is 14.8 Å². The van der Waals surface area contributed by atoms with E-state index >= 15 is 0 Å². The van der Waals surface area contributed by atoms with E-state index in [1.54, 1.807) is 19.9 Å². The predicted octanol–water partition coefficient (Wildman–Crippen LogP) is 5.55. The predicted molar refractivity (Wildman–Crippen MR) is 135 cm³/mol. The van der Waals surface area contributed by atoms with Crippen LogP contribution in [0.1, 0.15) is 56.6 Å². The Kier molecular flexibility index (Phi) is 7.47. The third-order valence-corrected chi connectivity index (χ3v) is 7.72. The van der Waals surface area contributed by atoms with Crippen LogP contribution in [0.3, 0.4) is 0 Å². The smallest absolute Gasteiger partial charge is 0.416 e. The van der Waals surface area contributed by atoms with Crippen molar-refractivity contribution >= 4 is 39.5 Å². The van der Waals surface area contributed by atoms with Crippen molar-refractivity contribution in [3.8, 4) is 0 Å². The molecule has 37 heavy (non-hydrogen) atoms. The van der Waals surface area contributed by atoms with Gasteiger partial charge >= 0.3 is 6.18 Å². The van der Waals surface area contributed by atoms with Gasteiger partial charge in [-0.1, -0.05) is 0 Å². The molecule has 1 unspecified atom stereocenters. The highest BCUT2D eigenvalue weighted by molar-refractivity contribution is 7.92. The van der Waals surface area contributed by atoms with Crippen molar-refractivity contribution in [2.75, 3.05) is 23.3 Å². The number of benzene rings is 1. The van der Waals surface area contributed by atoms with Gasteiger partial charge in [0.2, 0.25) is 0 Å². The topological polar surface area (TPSA) is 120 Å². The third-order valence-electron chi connectivity index (χ3n) is 6.13. The average Bonchev–Trinajstić information content (AvgIpc) is 3.36. The van der Waals surface area contributed by atoms with Gasteiger partial charge in [0.1, 0.15) is 16.9 Å². The minimum absolute atomic E-state index is 0.0681. The summed E-state index contributed by atoms with van der Waals surface area (Å²) in [6.45, 7) is 8.54. The molecular formula is C24H27F3N6O3S. The zero-order chi connectivity index (χ0) is 27.1. The fraction of sp³-hybridized carbons (Fsp3) is 0.458. The van der Waals surface area contributed by atoms with Crippen LogP contribution in [-0.2, 0) is 17.4 Å². The average molecular weight is 537 g/mol.